The number of anilines is 1. The van der Waals surface area contributed by atoms with Crippen LogP contribution in [0, 0.1) is 0 Å². The fourth-order valence-corrected chi connectivity index (χ4v) is 4.20. The van der Waals surface area contributed by atoms with Crippen molar-refractivity contribution in [3.63, 3.8) is 0 Å². The van der Waals surface area contributed by atoms with Gasteiger partial charge in [0.15, 0.2) is 5.96 Å². The molecule has 2 N–H and O–H groups in total. The molecule has 162 valence electrons. The molecule has 0 saturated carbocycles. The molecule has 1 saturated heterocycles. The van der Waals surface area contributed by atoms with Gasteiger partial charge in [-0.3, -0.25) is 9.79 Å². The van der Waals surface area contributed by atoms with Gasteiger partial charge in [-0.15, -0.1) is 11.3 Å². The lowest BCUT2D eigenvalue weighted by molar-refractivity contribution is 0.0951. The van der Waals surface area contributed by atoms with Crippen LogP contribution in [-0.4, -0.2) is 82.1 Å². The number of carbonyl (C=O) groups is 1. The Morgan fingerprint density at radius 1 is 1.13 bits per heavy atom. The first-order chi connectivity index (χ1) is 14.6. The minimum absolute atomic E-state index is 0.0345. The summed E-state index contributed by atoms with van der Waals surface area (Å²) in [6.45, 7) is 5.95. The van der Waals surface area contributed by atoms with E-state index in [1.54, 1.807) is 11.3 Å². The third-order valence-corrected chi connectivity index (χ3v) is 6.02. The molecule has 30 heavy (non-hydrogen) atoms. The number of likely N-dealkylation sites (N-methyl/N-ethyl adjacent to an activating group) is 1. The van der Waals surface area contributed by atoms with E-state index < -0.39 is 0 Å². The standard InChI is InChI=1S/C22H32N6OS/c1-23-22(28-13-11-27(12-14-28)20-8-5-15-30-20)25-17-18-6-4-7-19(16-18)21(29)24-9-10-26(2)3/h4-8,15-16H,9-14,17H2,1-3H3,(H,23,25)(H,24,29). The van der Waals surface area contributed by atoms with Crippen LogP contribution in [0.1, 0.15) is 15.9 Å². The van der Waals surface area contributed by atoms with Gasteiger partial charge in [0.25, 0.3) is 5.91 Å². The molecule has 0 aliphatic carbocycles. The Morgan fingerprint density at radius 2 is 1.93 bits per heavy atom. The summed E-state index contributed by atoms with van der Waals surface area (Å²) in [7, 11) is 5.81. The van der Waals surface area contributed by atoms with E-state index in [-0.39, 0.29) is 5.91 Å². The van der Waals surface area contributed by atoms with Crippen LogP contribution in [0.25, 0.3) is 0 Å². The third-order valence-electron chi connectivity index (χ3n) is 5.09. The van der Waals surface area contributed by atoms with Gasteiger partial charge in [0.1, 0.15) is 0 Å². The normalized spacial score (nSPS) is 14.9. The van der Waals surface area contributed by atoms with Gasteiger partial charge in [-0.1, -0.05) is 12.1 Å². The van der Waals surface area contributed by atoms with Crippen molar-refractivity contribution in [2.75, 3.05) is 65.3 Å². The van der Waals surface area contributed by atoms with E-state index in [4.69, 9.17) is 0 Å². The van der Waals surface area contributed by atoms with Gasteiger partial charge in [0.2, 0.25) is 0 Å². The van der Waals surface area contributed by atoms with Gasteiger partial charge < -0.3 is 25.3 Å². The van der Waals surface area contributed by atoms with Gasteiger partial charge in [-0.25, -0.2) is 0 Å². The second-order valence-corrected chi connectivity index (χ2v) is 8.51. The summed E-state index contributed by atoms with van der Waals surface area (Å²) < 4.78 is 0. The molecule has 0 atom stereocenters. The Morgan fingerprint density at radius 3 is 2.60 bits per heavy atom. The molecule has 1 aliphatic heterocycles. The zero-order valence-corrected chi connectivity index (χ0v) is 18.9. The zero-order valence-electron chi connectivity index (χ0n) is 18.1. The average Bonchev–Trinajstić information content (AvgIpc) is 3.29. The number of hydrogen-bond donors (Lipinski definition) is 2. The molecule has 1 aliphatic rings. The topological polar surface area (TPSA) is 63.2 Å². The van der Waals surface area contributed by atoms with Gasteiger partial charge in [-0.05, 0) is 49.3 Å². The zero-order chi connectivity index (χ0) is 21.3. The van der Waals surface area contributed by atoms with Crippen molar-refractivity contribution < 1.29 is 4.79 Å². The minimum atomic E-state index is -0.0345. The number of amides is 1. The SMILES string of the molecule is CN=C(NCc1cccc(C(=O)NCCN(C)C)c1)N1CCN(c2cccs2)CC1. The van der Waals surface area contributed by atoms with E-state index in [2.05, 4.69) is 42.9 Å². The lowest BCUT2D eigenvalue weighted by Crippen LogP contribution is -2.52. The van der Waals surface area contributed by atoms with E-state index in [1.165, 1.54) is 5.00 Å². The van der Waals surface area contributed by atoms with E-state index in [0.717, 1.165) is 44.2 Å². The Kier molecular flexibility index (Phi) is 8.10. The smallest absolute Gasteiger partial charge is 0.251 e. The molecule has 1 aromatic carbocycles. The number of hydrogen-bond acceptors (Lipinski definition) is 5. The number of guanidine groups is 1. The highest BCUT2D eigenvalue weighted by molar-refractivity contribution is 7.14. The fourth-order valence-electron chi connectivity index (χ4n) is 3.42. The summed E-state index contributed by atoms with van der Waals surface area (Å²) in [4.78, 5) is 23.6. The summed E-state index contributed by atoms with van der Waals surface area (Å²) in [5.41, 5.74) is 1.75. The first-order valence-electron chi connectivity index (χ1n) is 10.3. The predicted octanol–water partition coefficient (Wildman–Crippen LogP) is 1.94. The van der Waals surface area contributed by atoms with Crippen LogP contribution in [0.15, 0.2) is 46.8 Å². The summed E-state index contributed by atoms with van der Waals surface area (Å²) in [5.74, 6) is 0.870. The molecule has 3 rings (SSSR count). The van der Waals surface area contributed by atoms with Crippen molar-refractivity contribution in [1.29, 1.82) is 0 Å². The molecule has 0 bridgehead atoms. The molecule has 7 nitrogen and oxygen atoms in total. The number of piperazine rings is 1. The largest absolute Gasteiger partial charge is 0.360 e. The van der Waals surface area contributed by atoms with E-state index in [1.807, 2.05) is 50.3 Å². The number of carbonyl (C=O) groups excluding carboxylic acids is 1. The van der Waals surface area contributed by atoms with Crippen LogP contribution in [0.5, 0.6) is 0 Å². The maximum absolute atomic E-state index is 12.4. The van der Waals surface area contributed by atoms with Crippen molar-refractivity contribution in [2.45, 2.75) is 6.54 Å². The number of benzene rings is 1. The van der Waals surface area contributed by atoms with Crippen LogP contribution in [0.2, 0.25) is 0 Å². The van der Waals surface area contributed by atoms with Crippen LogP contribution in [0.3, 0.4) is 0 Å². The molecule has 0 spiro atoms. The number of aliphatic imine (C=N–C) groups is 1. The Balaban J connectivity index is 1.50. The number of thiophene rings is 1. The Labute approximate surface area is 183 Å². The van der Waals surface area contributed by atoms with Crippen LogP contribution < -0.4 is 15.5 Å². The van der Waals surface area contributed by atoms with Gasteiger partial charge in [-0.2, -0.15) is 0 Å². The summed E-state index contributed by atoms with van der Waals surface area (Å²) >= 11 is 1.79. The van der Waals surface area contributed by atoms with Crippen molar-refractivity contribution in [1.82, 2.24) is 20.4 Å². The molecule has 0 unspecified atom stereocenters. The predicted molar refractivity (Wildman–Crippen MR) is 126 cm³/mol. The Hall–Kier alpha value is -2.58. The molecule has 2 aromatic rings. The molecule has 0 radical (unpaired) electrons. The number of nitrogens with one attached hydrogen (secondary N) is 2. The molecule has 1 amide bonds. The Bertz CT molecular complexity index is 828. The highest BCUT2D eigenvalue weighted by atomic mass is 32.1. The summed E-state index contributed by atoms with van der Waals surface area (Å²) in [5, 5.41) is 9.87. The molecule has 8 heteroatoms. The average molecular weight is 429 g/mol. The lowest BCUT2D eigenvalue weighted by atomic mass is 10.1. The van der Waals surface area contributed by atoms with Crippen LogP contribution in [-0.2, 0) is 6.54 Å². The molecule has 1 aromatic heterocycles. The molecular weight excluding hydrogens is 396 g/mol. The molecule has 1 fully saturated rings. The van der Waals surface area contributed by atoms with Crippen LogP contribution >= 0.6 is 11.3 Å². The second-order valence-electron chi connectivity index (χ2n) is 7.59. The minimum Gasteiger partial charge on any atom is -0.360 e. The van der Waals surface area contributed by atoms with Crippen molar-refractivity contribution in [2.24, 2.45) is 4.99 Å². The quantitative estimate of drug-likeness (QED) is 0.521. The monoisotopic (exact) mass is 428 g/mol. The number of nitrogens with zero attached hydrogens (tertiary/aromatic N) is 4. The third kappa shape index (κ3) is 6.21. The second kappa shape index (κ2) is 11.0. The summed E-state index contributed by atoms with van der Waals surface area (Å²) in [6, 6.07) is 12.0. The van der Waals surface area contributed by atoms with Gasteiger partial charge in [0, 0.05) is 58.4 Å². The van der Waals surface area contributed by atoms with E-state index >= 15 is 0 Å². The molecular formula is C22H32N6OS. The maximum atomic E-state index is 12.4. The summed E-state index contributed by atoms with van der Waals surface area (Å²) in [6.07, 6.45) is 0. The van der Waals surface area contributed by atoms with Crippen molar-refractivity contribution in [3.05, 3.63) is 52.9 Å². The fraction of sp³-hybridized carbons (Fsp3) is 0.455. The number of rotatable bonds is 7. The van der Waals surface area contributed by atoms with E-state index in [9.17, 15) is 4.79 Å². The van der Waals surface area contributed by atoms with Crippen LogP contribution in [0.4, 0.5) is 5.00 Å². The van der Waals surface area contributed by atoms with Gasteiger partial charge >= 0.3 is 0 Å². The van der Waals surface area contributed by atoms with Crippen molar-refractivity contribution >= 4 is 28.2 Å². The van der Waals surface area contributed by atoms with Crippen molar-refractivity contribution in [3.8, 4) is 0 Å². The molecule has 2 heterocycles. The van der Waals surface area contributed by atoms with E-state index in [0.29, 0.717) is 18.7 Å². The highest BCUT2D eigenvalue weighted by Crippen LogP contribution is 2.22. The first-order valence-corrected chi connectivity index (χ1v) is 11.2. The first kappa shape index (κ1) is 22.1. The maximum Gasteiger partial charge on any atom is 0.251 e. The highest BCUT2D eigenvalue weighted by Gasteiger charge is 2.20. The lowest BCUT2D eigenvalue weighted by Gasteiger charge is -2.37. The van der Waals surface area contributed by atoms with Gasteiger partial charge in [0.05, 0.1) is 5.00 Å².